The highest BCUT2D eigenvalue weighted by atomic mass is 35.5. The predicted molar refractivity (Wildman–Crippen MR) is 86.2 cm³/mol. The van der Waals surface area contributed by atoms with E-state index in [1.54, 1.807) is 18.2 Å². The lowest BCUT2D eigenvalue weighted by atomic mass is 10.1. The van der Waals surface area contributed by atoms with Gasteiger partial charge in [-0.25, -0.2) is 4.98 Å². The molecule has 1 N–H and O–H groups in total. The van der Waals surface area contributed by atoms with E-state index < -0.39 is 0 Å². The number of aromatic hydroxyl groups is 1. The number of phenols is 1. The van der Waals surface area contributed by atoms with Crippen LogP contribution < -0.4 is 0 Å². The third kappa shape index (κ3) is 2.75. The molecule has 1 aromatic heterocycles. The van der Waals surface area contributed by atoms with Gasteiger partial charge < -0.3 is 5.11 Å². The van der Waals surface area contributed by atoms with Gasteiger partial charge in [0.05, 0.1) is 15.8 Å². The van der Waals surface area contributed by atoms with Gasteiger partial charge in [-0.05, 0) is 36.4 Å². The van der Waals surface area contributed by atoms with E-state index in [1.807, 2.05) is 24.3 Å². The van der Waals surface area contributed by atoms with Gasteiger partial charge in [0.1, 0.15) is 16.8 Å². The molecule has 3 nitrogen and oxygen atoms in total. The summed E-state index contributed by atoms with van der Waals surface area (Å²) in [4.78, 5) is 4.45. The maximum Gasteiger partial charge on any atom is 0.135 e. The lowest BCUT2D eigenvalue weighted by Crippen LogP contribution is -1.81. The topological polar surface area (TPSA) is 56.9 Å². The molecule has 0 unspecified atom stereocenters. The molecule has 1 heterocycles. The molecule has 0 saturated carbocycles. The van der Waals surface area contributed by atoms with E-state index in [0.717, 1.165) is 10.2 Å². The number of hydrogen-bond acceptors (Lipinski definition) is 4. The van der Waals surface area contributed by atoms with Gasteiger partial charge in [-0.15, -0.1) is 11.3 Å². The zero-order valence-corrected chi connectivity index (χ0v) is 12.3. The molecule has 0 amide bonds. The van der Waals surface area contributed by atoms with Gasteiger partial charge in [0.15, 0.2) is 0 Å². The van der Waals surface area contributed by atoms with Crippen molar-refractivity contribution in [2.24, 2.45) is 0 Å². The lowest BCUT2D eigenvalue weighted by Gasteiger charge is -2.00. The molecule has 3 rings (SSSR count). The Balaban J connectivity index is 2.11. The number of thiazole rings is 1. The van der Waals surface area contributed by atoms with Gasteiger partial charge in [0, 0.05) is 10.6 Å². The second-order valence-corrected chi connectivity index (χ2v) is 5.83. The molecule has 0 aliphatic rings. The summed E-state index contributed by atoms with van der Waals surface area (Å²) >= 11 is 7.36. The molecule has 0 aliphatic heterocycles. The third-order valence-electron chi connectivity index (χ3n) is 2.93. The Morgan fingerprint density at radius 2 is 2.10 bits per heavy atom. The van der Waals surface area contributed by atoms with E-state index in [2.05, 4.69) is 11.1 Å². The molecule has 0 aliphatic carbocycles. The molecular formula is C16H9ClN2OS. The van der Waals surface area contributed by atoms with Crippen molar-refractivity contribution >= 4 is 44.8 Å². The summed E-state index contributed by atoms with van der Waals surface area (Å²) in [5.74, 6) is 0.0771. The summed E-state index contributed by atoms with van der Waals surface area (Å²) in [5, 5.41) is 20.3. The van der Waals surface area contributed by atoms with E-state index in [4.69, 9.17) is 11.6 Å². The first-order valence-corrected chi connectivity index (χ1v) is 7.33. The summed E-state index contributed by atoms with van der Waals surface area (Å²) in [6.45, 7) is 0. The zero-order valence-electron chi connectivity index (χ0n) is 10.7. The molecule has 21 heavy (non-hydrogen) atoms. The number of allylic oxidation sites excluding steroid dienone is 1. The number of rotatable bonds is 2. The molecule has 0 bridgehead atoms. The monoisotopic (exact) mass is 312 g/mol. The molecule has 102 valence electrons. The Labute approximate surface area is 130 Å². The van der Waals surface area contributed by atoms with Crippen LogP contribution in [0.2, 0.25) is 5.02 Å². The highest BCUT2D eigenvalue weighted by molar-refractivity contribution is 7.19. The number of nitrogens with zero attached hydrogens (tertiary/aromatic N) is 2. The smallest absolute Gasteiger partial charge is 0.135 e. The van der Waals surface area contributed by atoms with Crippen molar-refractivity contribution in [3.63, 3.8) is 0 Å². The molecule has 2 aromatic carbocycles. The number of halogens is 1. The van der Waals surface area contributed by atoms with Gasteiger partial charge in [-0.1, -0.05) is 23.7 Å². The van der Waals surface area contributed by atoms with Crippen molar-refractivity contribution < 1.29 is 5.11 Å². The third-order valence-corrected chi connectivity index (χ3v) is 4.24. The van der Waals surface area contributed by atoms with Gasteiger partial charge in [-0.3, -0.25) is 0 Å². The first-order chi connectivity index (χ1) is 10.2. The largest absolute Gasteiger partial charge is 0.507 e. The zero-order chi connectivity index (χ0) is 14.8. The summed E-state index contributed by atoms with van der Waals surface area (Å²) in [7, 11) is 0. The van der Waals surface area contributed by atoms with Crippen LogP contribution in [0.25, 0.3) is 21.9 Å². The van der Waals surface area contributed by atoms with Crippen molar-refractivity contribution in [3.05, 3.63) is 58.1 Å². The van der Waals surface area contributed by atoms with Crippen LogP contribution in [0.5, 0.6) is 5.75 Å². The maximum atomic E-state index is 9.84. The quantitative estimate of drug-likeness (QED) is 0.697. The van der Waals surface area contributed by atoms with Crippen molar-refractivity contribution in [1.29, 1.82) is 5.26 Å². The lowest BCUT2D eigenvalue weighted by molar-refractivity contribution is 0.474. The molecule has 0 saturated heterocycles. The van der Waals surface area contributed by atoms with Crippen LogP contribution in [-0.4, -0.2) is 10.1 Å². The minimum absolute atomic E-state index is 0.0771. The van der Waals surface area contributed by atoms with E-state index in [-0.39, 0.29) is 5.75 Å². The molecule has 0 atom stereocenters. The Morgan fingerprint density at radius 1 is 1.29 bits per heavy atom. The highest BCUT2D eigenvalue weighted by Crippen LogP contribution is 2.30. The number of hydrogen-bond donors (Lipinski definition) is 1. The minimum Gasteiger partial charge on any atom is -0.507 e. The number of phenolic OH excluding ortho intramolecular Hbond substituents is 1. The summed E-state index contributed by atoms with van der Waals surface area (Å²) < 4.78 is 1.02. The van der Waals surface area contributed by atoms with E-state index in [1.165, 1.54) is 17.4 Å². The Morgan fingerprint density at radius 3 is 2.86 bits per heavy atom. The van der Waals surface area contributed by atoms with E-state index in [0.29, 0.717) is 21.2 Å². The molecule has 5 heteroatoms. The highest BCUT2D eigenvalue weighted by Gasteiger charge is 2.10. The molecule has 3 aromatic rings. The van der Waals surface area contributed by atoms with Crippen LogP contribution in [0.15, 0.2) is 42.5 Å². The second-order valence-electron chi connectivity index (χ2n) is 4.36. The van der Waals surface area contributed by atoms with Crippen LogP contribution >= 0.6 is 22.9 Å². The Kier molecular flexibility index (Phi) is 3.61. The molecule has 0 fully saturated rings. The summed E-state index contributed by atoms with van der Waals surface area (Å²) in [6.07, 6.45) is 1.60. The fraction of sp³-hybridized carbons (Fsp3) is 0. The number of aromatic nitrogens is 1. The SMILES string of the molecule is N#C/C(=C\c1cc(Cl)ccc1O)c1nc2ccccc2s1. The Bertz CT molecular complexity index is 860. The normalized spacial score (nSPS) is 11.5. The van der Waals surface area contributed by atoms with Crippen LogP contribution in [0.4, 0.5) is 0 Å². The van der Waals surface area contributed by atoms with Crippen molar-refractivity contribution in [2.75, 3.05) is 0 Å². The van der Waals surface area contributed by atoms with E-state index >= 15 is 0 Å². The second kappa shape index (κ2) is 5.57. The standard InChI is InChI=1S/C16H9ClN2OS/c17-12-5-6-14(20)10(8-12)7-11(9-18)16-19-13-3-1-2-4-15(13)21-16/h1-8,20H/b11-7+. The van der Waals surface area contributed by atoms with Gasteiger partial charge in [-0.2, -0.15) is 5.26 Å². The fourth-order valence-electron chi connectivity index (χ4n) is 1.93. The van der Waals surface area contributed by atoms with Crippen LogP contribution in [0, 0.1) is 11.3 Å². The molecular weight excluding hydrogens is 304 g/mol. The van der Waals surface area contributed by atoms with Crippen LogP contribution in [0.1, 0.15) is 10.6 Å². The maximum absolute atomic E-state index is 9.84. The number of para-hydroxylation sites is 1. The Hall–Kier alpha value is -2.35. The van der Waals surface area contributed by atoms with Gasteiger partial charge in [0.25, 0.3) is 0 Å². The fourth-order valence-corrected chi connectivity index (χ4v) is 3.04. The first-order valence-electron chi connectivity index (χ1n) is 6.13. The van der Waals surface area contributed by atoms with E-state index in [9.17, 15) is 10.4 Å². The minimum atomic E-state index is 0.0771. The van der Waals surface area contributed by atoms with Crippen molar-refractivity contribution in [3.8, 4) is 11.8 Å². The van der Waals surface area contributed by atoms with Gasteiger partial charge in [0.2, 0.25) is 0 Å². The van der Waals surface area contributed by atoms with Crippen molar-refractivity contribution in [1.82, 2.24) is 4.98 Å². The molecule has 0 radical (unpaired) electrons. The van der Waals surface area contributed by atoms with Crippen LogP contribution in [0.3, 0.4) is 0 Å². The summed E-state index contributed by atoms with van der Waals surface area (Å²) in [5.41, 5.74) is 1.75. The average molecular weight is 313 g/mol. The van der Waals surface area contributed by atoms with Gasteiger partial charge >= 0.3 is 0 Å². The molecule has 0 spiro atoms. The summed E-state index contributed by atoms with van der Waals surface area (Å²) in [6, 6.07) is 14.5. The van der Waals surface area contributed by atoms with Crippen LogP contribution in [-0.2, 0) is 0 Å². The number of benzene rings is 2. The number of nitriles is 1. The first kappa shape index (κ1) is 13.6. The average Bonchev–Trinajstić information content (AvgIpc) is 2.91. The number of fused-ring (bicyclic) bond motifs is 1. The predicted octanol–water partition coefficient (Wildman–Crippen LogP) is 4.72. The van der Waals surface area contributed by atoms with Crippen molar-refractivity contribution in [2.45, 2.75) is 0 Å².